The van der Waals surface area contributed by atoms with Gasteiger partial charge in [-0.3, -0.25) is 4.79 Å². The van der Waals surface area contributed by atoms with E-state index in [1.54, 1.807) is 7.11 Å². The topological polar surface area (TPSA) is 42.0 Å². The second-order valence-corrected chi connectivity index (χ2v) is 8.56. The zero-order valence-corrected chi connectivity index (χ0v) is 17.2. The molecule has 1 aromatic rings. The molecule has 0 radical (unpaired) electrons. The van der Waals surface area contributed by atoms with Crippen molar-refractivity contribution < 1.29 is 14.3 Å². The van der Waals surface area contributed by atoms with E-state index >= 15 is 0 Å². The molecule has 0 bridgehead atoms. The molecule has 3 fully saturated rings. The van der Waals surface area contributed by atoms with Crippen LogP contribution in [0.1, 0.15) is 50.5 Å². The van der Waals surface area contributed by atoms with Crippen LogP contribution in [0.4, 0.5) is 0 Å². The molecule has 1 aromatic carbocycles. The fraction of sp³-hybridized carbons (Fsp3) is 0.696. The number of benzene rings is 1. The standard InChI is InChI=1S/C23H34N2O3/c1-27-21-7-5-19(6-8-21)23(11-12-23)22(26)25(20-9-17-28-18-10-20)16-15-24-13-3-2-4-14-24/h5-8,20H,2-4,9-18H2,1H3. The van der Waals surface area contributed by atoms with E-state index in [0.717, 1.165) is 63.3 Å². The highest BCUT2D eigenvalue weighted by Gasteiger charge is 2.53. The molecule has 0 atom stereocenters. The van der Waals surface area contributed by atoms with Crippen molar-refractivity contribution in [2.75, 3.05) is 46.5 Å². The highest BCUT2D eigenvalue weighted by Crippen LogP contribution is 2.50. The minimum Gasteiger partial charge on any atom is -0.497 e. The van der Waals surface area contributed by atoms with Crippen molar-refractivity contribution in [1.82, 2.24) is 9.80 Å². The lowest BCUT2D eigenvalue weighted by molar-refractivity contribution is -0.138. The molecule has 1 amide bonds. The third-order valence-corrected chi connectivity index (χ3v) is 6.80. The summed E-state index contributed by atoms with van der Waals surface area (Å²) in [4.78, 5) is 18.5. The molecule has 2 aliphatic heterocycles. The van der Waals surface area contributed by atoms with Crippen LogP contribution in [0, 0.1) is 0 Å². The minimum atomic E-state index is -0.313. The minimum absolute atomic E-state index is 0.313. The lowest BCUT2D eigenvalue weighted by atomic mass is 9.92. The van der Waals surface area contributed by atoms with Crippen LogP contribution < -0.4 is 4.74 Å². The SMILES string of the molecule is COc1ccc(C2(C(=O)N(CCN3CCCCC3)C3CCOCC3)CC2)cc1. The van der Waals surface area contributed by atoms with Crippen LogP contribution in [0.2, 0.25) is 0 Å². The normalized spacial score (nSPS) is 22.6. The summed E-state index contributed by atoms with van der Waals surface area (Å²) in [6.07, 6.45) is 7.78. The van der Waals surface area contributed by atoms with E-state index in [4.69, 9.17) is 9.47 Å². The maximum absolute atomic E-state index is 13.8. The van der Waals surface area contributed by atoms with Crippen LogP contribution >= 0.6 is 0 Å². The smallest absolute Gasteiger partial charge is 0.233 e. The molecule has 0 N–H and O–H groups in total. The molecular weight excluding hydrogens is 352 g/mol. The first kappa shape index (κ1) is 19.7. The van der Waals surface area contributed by atoms with E-state index in [0.29, 0.717) is 11.9 Å². The van der Waals surface area contributed by atoms with Gasteiger partial charge in [-0.2, -0.15) is 0 Å². The number of likely N-dealkylation sites (tertiary alicyclic amines) is 1. The third kappa shape index (κ3) is 4.20. The Kier molecular flexibility index (Phi) is 6.22. The van der Waals surface area contributed by atoms with Crippen molar-refractivity contribution in [2.45, 2.75) is 56.4 Å². The molecule has 2 saturated heterocycles. The first-order chi connectivity index (χ1) is 13.7. The maximum Gasteiger partial charge on any atom is 0.233 e. The van der Waals surface area contributed by atoms with Crippen LogP contribution in [0.5, 0.6) is 5.75 Å². The van der Waals surface area contributed by atoms with E-state index < -0.39 is 0 Å². The van der Waals surface area contributed by atoms with Gasteiger partial charge in [-0.15, -0.1) is 0 Å². The summed E-state index contributed by atoms with van der Waals surface area (Å²) in [6, 6.07) is 8.44. The van der Waals surface area contributed by atoms with Gasteiger partial charge in [0.05, 0.1) is 12.5 Å². The molecule has 0 spiro atoms. The molecule has 4 rings (SSSR count). The highest BCUT2D eigenvalue weighted by atomic mass is 16.5. The number of methoxy groups -OCH3 is 1. The van der Waals surface area contributed by atoms with Gasteiger partial charge in [0.25, 0.3) is 0 Å². The van der Waals surface area contributed by atoms with E-state index in [1.807, 2.05) is 12.1 Å². The second-order valence-electron chi connectivity index (χ2n) is 8.56. The molecule has 154 valence electrons. The molecule has 28 heavy (non-hydrogen) atoms. The fourth-order valence-electron chi connectivity index (χ4n) is 4.81. The maximum atomic E-state index is 13.8. The van der Waals surface area contributed by atoms with Crippen LogP contribution in [-0.2, 0) is 14.9 Å². The summed E-state index contributed by atoms with van der Waals surface area (Å²) in [5.41, 5.74) is 0.834. The third-order valence-electron chi connectivity index (χ3n) is 6.80. The summed E-state index contributed by atoms with van der Waals surface area (Å²) < 4.78 is 10.9. The molecule has 3 aliphatic rings. The fourth-order valence-corrected chi connectivity index (χ4v) is 4.81. The van der Waals surface area contributed by atoms with Gasteiger partial charge in [0.15, 0.2) is 0 Å². The Labute approximate surface area is 169 Å². The zero-order chi connectivity index (χ0) is 19.4. The Hall–Kier alpha value is -1.59. The van der Waals surface area contributed by atoms with Gasteiger partial charge in [0.2, 0.25) is 5.91 Å². The van der Waals surface area contributed by atoms with Crippen molar-refractivity contribution in [1.29, 1.82) is 0 Å². The number of hydrogen-bond acceptors (Lipinski definition) is 4. The van der Waals surface area contributed by atoms with Crippen LogP contribution in [0.15, 0.2) is 24.3 Å². The van der Waals surface area contributed by atoms with Crippen molar-refractivity contribution in [2.24, 2.45) is 0 Å². The Morgan fingerprint density at radius 1 is 1.14 bits per heavy atom. The van der Waals surface area contributed by atoms with Gasteiger partial charge in [-0.1, -0.05) is 18.6 Å². The molecule has 5 heteroatoms. The number of amides is 1. The Bertz CT molecular complexity index is 644. The van der Waals surface area contributed by atoms with Gasteiger partial charge in [0, 0.05) is 32.3 Å². The summed E-state index contributed by atoms with van der Waals surface area (Å²) in [7, 11) is 1.68. The van der Waals surface area contributed by atoms with E-state index in [2.05, 4.69) is 21.9 Å². The summed E-state index contributed by atoms with van der Waals surface area (Å²) in [6.45, 7) is 5.75. The number of hydrogen-bond donors (Lipinski definition) is 0. The second kappa shape index (κ2) is 8.83. The molecule has 2 heterocycles. The van der Waals surface area contributed by atoms with Crippen LogP contribution in [0.3, 0.4) is 0 Å². The van der Waals surface area contributed by atoms with Gasteiger partial charge in [-0.05, 0) is 69.3 Å². The Morgan fingerprint density at radius 3 is 2.43 bits per heavy atom. The first-order valence-corrected chi connectivity index (χ1v) is 11.0. The van der Waals surface area contributed by atoms with E-state index in [9.17, 15) is 4.79 Å². The monoisotopic (exact) mass is 386 g/mol. The number of rotatable bonds is 7. The molecule has 1 saturated carbocycles. The molecule has 0 aromatic heterocycles. The van der Waals surface area contributed by atoms with Crippen LogP contribution in [0.25, 0.3) is 0 Å². The lowest BCUT2D eigenvalue weighted by Gasteiger charge is -2.38. The quantitative estimate of drug-likeness (QED) is 0.722. The summed E-state index contributed by atoms with van der Waals surface area (Å²) in [5, 5.41) is 0. The molecule has 0 unspecified atom stereocenters. The summed E-state index contributed by atoms with van der Waals surface area (Å²) >= 11 is 0. The van der Waals surface area contributed by atoms with E-state index in [1.165, 1.54) is 32.4 Å². The van der Waals surface area contributed by atoms with Gasteiger partial charge >= 0.3 is 0 Å². The van der Waals surface area contributed by atoms with Gasteiger partial charge in [-0.25, -0.2) is 0 Å². The highest BCUT2D eigenvalue weighted by molar-refractivity contribution is 5.91. The van der Waals surface area contributed by atoms with Crippen molar-refractivity contribution in [3.8, 4) is 5.75 Å². The predicted octanol–water partition coefficient (Wildman–Crippen LogP) is 3.22. The lowest BCUT2D eigenvalue weighted by Crippen LogP contribution is -2.51. The predicted molar refractivity (Wildman–Crippen MR) is 110 cm³/mol. The van der Waals surface area contributed by atoms with Gasteiger partial charge < -0.3 is 19.3 Å². The van der Waals surface area contributed by atoms with Crippen LogP contribution in [-0.4, -0.2) is 68.3 Å². The van der Waals surface area contributed by atoms with E-state index in [-0.39, 0.29) is 5.41 Å². The number of carbonyl (C=O) groups excluding carboxylic acids is 1. The average molecular weight is 387 g/mol. The molecular formula is C23H34N2O3. The number of carbonyl (C=O) groups is 1. The van der Waals surface area contributed by atoms with Crippen molar-refractivity contribution in [3.05, 3.63) is 29.8 Å². The number of ether oxygens (including phenoxy) is 2. The number of nitrogens with zero attached hydrogens (tertiary/aromatic N) is 2. The zero-order valence-electron chi connectivity index (χ0n) is 17.2. The van der Waals surface area contributed by atoms with Crippen molar-refractivity contribution >= 4 is 5.91 Å². The first-order valence-electron chi connectivity index (χ1n) is 11.0. The Balaban J connectivity index is 1.49. The largest absolute Gasteiger partial charge is 0.497 e. The van der Waals surface area contributed by atoms with Crippen molar-refractivity contribution in [3.63, 3.8) is 0 Å². The number of piperidine rings is 1. The van der Waals surface area contributed by atoms with Gasteiger partial charge in [0.1, 0.15) is 5.75 Å². The molecule has 1 aliphatic carbocycles. The Morgan fingerprint density at radius 2 is 1.82 bits per heavy atom. The average Bonchev–Trinajstić information content (AvgIpc) is 3.57. The summed E-state index contributed by atoms with van der Waals surface area (Å²) in [5.74, 6) is 1.18. The molecule has 5 nitrogen and oxygen atoms in total.